The van der Waals surface area contributed by atoms with E-state index in [2.05, 4.69) is 10.1 Å². The average molecular weight is 383 g/mol. The molecule has 0 saturated carbocycles. The van der Waals surface area contributed by atoms with Crippen molar-refractivity contribution in [3.8, 4) is 5.75 Å². The number of benzene rings is 1. The lowest BCUT2D eigenvalue weighted by molar-refractivity contribution is -0.134. The fourth-order valence-corrected chi connectivity index (χ4v) is 2.30. The van der Waals surface area contributed by atoms with Crippen molar-refractivity contribution in [2.45, 2.75) is 33.1 Å². The molecule has 8 nitrogen and oxygen atoms in total. The first kappa shape index (κ1) is 20.0. The molecule has 0 bridgehead atoms. The highest BCUT2D eigenvalue weighted by atomic mass is 35.5. The van der Waals surface area contributed by atoms with Crippen molar-refractivity contribution in [3.63, 3.8) is 0 Å². The second kappa shape index (κ2) is 8.37. The van der Waals surface area contributed by atoms with Gasteiger partial charge in [0.15, 0.2) is 6.10 Å². The number of rotatable bonds is 6. The molecule has 0 fully saturated rings. The van der Waals surface area contributed by atoms with E-state index in [1.54, 1.807) is 24.3 Å². The molecule has 2 unspecified atom stereocenters. The second-order valence-electron chi connectivity index (χ2n) is 6.69. The van der Waals surface area contributed by atoms with Crippen LogP contribution in [0.3, 0.4) is 0 Å². The molecular formula is C17H23ClN4O4. The molecule has 142 valence electrons. The summed E-state index contributed by atoms with van der Waals surface area (Å²) in [5.41, 5.74) is -0.465. The number of carbonyl (C=O) groups is 1. The summed E-state index contributed by atoms with van der Waals surface area (Å²) in [6.07, 6.45) is 0.823. The number of halogens is 1. The molecule has 2 rings (SSSR count). The third kappa shape index (κ3) is 5.09. The van der Waals surface area contributed by atoms with E-state index >= 15 is 0 Å². The third-order valence-electron chi connectivity index (χ3n) is 3.64. The Kier molecular flexibility index (Phi) is 6.44. The van der Waals surface area contributed by atoms with Crippen LogP contribution in [0.5, 0.6) is 5.75 Å². The normalized spacial score (nSPS) is 13.8. The molecule has 1 aromatic heterocycles. The zero-order chi connectivity index (χ0) is 19.3. The minimum atomic E-state index is -0.743. The number of ether oxygens (including phenoxy) is 2. The molecule has 0 saturated heterocycles. The highest BCUT2D eigenvalue weighted by Gasteiger charge is 2.40. The highest BCUT2D eigenvalue weighted by molar-refractivity contribution is 6.30. The Morgan fingerprint density at radius 2 is 1.92 bits per heavy atom. The van der Waals surface area contributed by atoms with Gasteiger partial charge in [-0.2, -0.15) is 10.2 Å². The fraction of sp³-hybridized carbons (Fsp3) is 0.471. The third-order valence-corrected chi connectivity index (χ3v) is 3.89. The van der Waals surface area contributed by atoms with Crippen molar-refractivity contribution in [2.24, 2.45) is 5.41 Å². The van der Waals surface area contributed by atoms with Gasteiger partial charge in [-0.3, -0.25) is 4.84 Å². The van der Waals surface area contributed by atoms with Crippen LogP contribution in [0.4, 0.5) is 4.79 Å². The van der Waals surface area contributed by atoms with Crippen LogP contribution in [0.15, 0.2) is 36.9 Å². The summed E-state index contributed by atoms with van der Waals surface area (Å²) in [7, 11) is 2.85. The first-order valence-electron chi connectivity index (χ1n) is 7.97. The summed E-state index contributed by atoms with van der Waals surface area (Å²) in [5.74, 6) is 0.556. The topological polar surface area (TPSA) is 78.7 Å². The van der Waals surface area contributed by atoms with Crippen LogP contribution in [0, 0.1) is 5.41 Å². The molecule has 0 spiro atoms. The van der Waals surface area contributed by atoms with Gasteiger partial charge in [-0.25, -0.2) is 14.5 Å². The fourth-order valence-electron chi connectivity index (χ4n) is 2.18. The summed E-state index contributed by atoms with van der Waals surface area (Å²) in [6, 6.07) is 6.89. The van der Waals surface area contributed by atoms with Crippen LogP contribution in [0.1, 0.15) is 27.0 Å². The first-order chi connectivity index (χ1) is 12.2. The monoisotopic (exact) mass is 382 g/mol. The predicted octanol–water partition coefficient (Wildman–Crippen LogP) is 3.55. The van der Waals surface area contributed by atoms with E-state index in [-0.39, 0.29) is 0 Å². The number of aromatic nitrogens is 3. The van der Waals surface area contributed by atoms with Gasteiger partial charge in [0.05, 0.1) is 7.11 Å². The van der Waals surface area contributed by atoms with Crippen molar-refractivity contribution in [3.05, 3.63) is 41.9 Å². The molecule has 0 aliphatic rings. The van der Waals surface area contributed by atoms with E-state index < -0.39 is 23.8 Å². The van der Waals surface area contributed by atoms with E-state index in [9.17, 15) is 4.79 Å². The van der Waals surface area contributed by atoms with Gasteiger partial charge in [-0.15, -0.1) is 0 Å². The number of hydroxylamine groups is 2. The van der Waals surface area contributed by atoms with E-state index in [1.807, 2.05) is 20.8 Å². The standard InChI is InChI=1S/C17H23ClN4O4/c1-17(2,3)14(26-16(23)21(4)24-5)15(22-11-19-10-20-22)25-13-8-6-12(18)7-9-13/h6-11,14-15H,1-5H3. The zero-order valence-corrected chi connectivity index (χ0v) is 16.2. The Hall–Kier alpha value is -2.32. The molecule has 1 heterocycles. The van der Waals surface area contributed by atoms with Gasteiger partial charge in [-0.05, 0) is 24.3 Å². The van der Waals surface area contributed by atoms with Crippen molar-refractivity contribution >= 4 is 17.7 Å². The van der Waals surface area contributed by atoms with Crippen LogP contribution in [-0.4, -0.2) is 46.2 Å². The van der Waals surface area contributed by atoms with E-state index in [0.717, 1.165) is 5.06 Å². The minimum absolute atomic E-state index is 0.465. The molecule has 2 aromatic rings. The van der Waals surface area contributed by atoms with Crippen LogP contribution < -0.4 is 4.74 Å². The largest absolute Gasteiger partial charge is 0.465 e. The lowest BCUT2D eigenvalue weighted by atomic mass is 9.87. The zero-order valence-electron chi connectivity index (χ0n) is 15.4. The lowest BCUT2D eigenvalue weighted by Crippen LogP contribution is -2.44. The van der Waals surface area contributed by atoms with Crippen LogP contribution in [-0.2, 0) is 9.57 Å². The molecule has 2 atom stereocenters. The lowest BCUT2D eigenvalue weighted by Gasteiger charge is -2.36. The first-order valence-corrected chi connectivity index (χ1v) is 8.35. The smallest absolute Gasteiger partial charge is 0.434 e. The van der Waals surface area contributed by atoms with Crippen LogP contribution in [0.25, 0.3) is 0 Å². The van der Waals surface area contributed by atoms with Crippen molar-refractivity contribution in [1.82, 2.24) is 19.8 Å². The maximum Gasteiger partial charge on any atom is 0.434 e. The Bertz CT molecular complexity index is 701. The minimum Gasteiger partial charge on any atom is -0.465 e. The van der Waals surface area contributed by atoms with E-state index in [0.29, 0.717) is 10.8 Å². The summed E-state index contributed by atoms with van der Waals surface area (Å²) in [6.45, 7) is 5.81. The maximum atomic E-state index is 12.3. The summed E-state index contributed by atoms with van der Waals surface area (Å²) in [4.78, 5) is 21.1. The van der Waals surface area contributed by atoms with Crippen molar-refractivity contribution in [1.29, 1.82) is 0 Å². The number of hydrogen-bond donors (Lipinski definition) is 0. The Morgan fingerprint density at radius 1 is 1.27 bits per heavy atom. The number of carbonyl (C=O) groups excluding carboxylic acids is 1. The molecule has 0 aliphatic heterocycles. The van der Waals surface area contributed by atoms with Gasteiger partial charge in [0.25, 0.3) is 0 Å². The molecule has 9 heteroatoms. The molecule has 0 N–H and O–H groups in total. The predicted molar refractivity (Wildman–Crippen MR) is 95.6 cm³/mol. The molecular weight excluding hydrogens is 360 g/mol. The number of nitrogens with zero attached hydrogens (tertiary/aromatic N) is 4. The quantitative estimate of drug-likeness (QED) is 0.711. The van der Waals surface area contributed by atoms with Crippen LogP contribution in [0.2, 0.25) is 5.02 Å². The van der Waals surface area contributed by atoms with Gasteiger partial charge < -0.3 is 9.47 Å². The summed E-state index contributed by atoms with van der Waals surface area (Å²) in [5, 5.41) is 5.75. The van der Waals surface area contributed by atoms with E-state index in [4.69, 9.17) is 25.9 Å². The Morgan fingerprint density at radius 3 is 2.42 bits per heavy atom. The Balaban J connectivity index is 2.35. The number of amides is 1. The van der Waals surface area contributed by atoms with Gasteiger partial charge in [0.1, 0.15) is 18.4 Å². The SMILES string of the molecule is CON(C)C(=O)OC(C(Oc1ccc(Cl)cc1)n1cncn1)C(C)(C)C. The van der Waals surface area contributed by atoms with Crippen molar-refractivity contribution in [2.75, 3.05) is 14.2 Å². The second-order valence-corrected chi connectivity index (χ2v) is 7.12. The summed E-state index contributed by atoms with van der Waals surface area (Å²) >= 11 is 5.93. The number of hydrogen-bond acceptors (Lipinski definition) is 6. The van der Waals surface area contributed by atoms with Gasteiger partial charge >= 0.3 is 6.09 Å². The molecule has 1 amide bonds. The van der Waals surface area contributed by atoms with Crippen LogP contribution >= 0.6 is 11.6 Å². The van der Waals surface area contributed by atoms with E-state index in [1.165, 1.54) is 31.5 Å². The van der Waals surface area contributed by atoms with Gasteiger partial charge in [0.2, 0.25) is 6.23 Å². The Labute approximate surface area is 157 Å². The molecule has 0 aliphatic carbocycles. The highest BCUT2D eigenvalue weighted by Crippen LogP contribution is 2.33. The average Bonchev–Trinajstić information content (AvgIpc) is 3.12. The maximum absolute atomic E-state index is 12.3. The molecule has 26 heavy (non-hydrogen) atoms. The van der Waals surface area contributed by atoms with Gasteiger partial charge in [-0.1, -0.05) is 32.4 Å². The van der Waals surface area contributed by atoms with Crippen molar-refractivity contribution < 1.29 is 19.1 Å². The molecule has 0 radical (unpaired) electrons. The molecule has 1 aromatic carbocycles. The summed E-state index contributed by atoms with van der Waals surface area (Å²) < 4.78 is 13.3. The van der Waals surface area contributed by atoms with Gasteiger partial charge in [0, 0.05) is 17.5 Å².